The second-order valence-corrected chi connectivity index (χ2v) is 5.09. The number of nitrogens with zero attached hydrogens (tertiary/aromatic N) is 4. The summed E-state index contributed by atoms with van der Waals surface area (Å²) in [5.41, 5.74) is 0.996. The van der Waals surface area contributed by atoms with E-state index in [0.29, 0.717) is 17.7 Å². The van der Waals surface area contributed by atoms with Crippen molar-refractivity contribution < 1.29 is 0 Å². The molecular weight excluding hydrogens is 244 g/mol. The largest absolute Gasteiger partial charge is 0.204 e. The molecule has 2 aromatic rings. The van der Waals surface area contributed by atoms with Gasteiger partial charge in [0.2, 0.25) is 5.82 Å². The fraction of sp³-hybridized carbons (Fsp3) is 0.462. The molecule has 5 heteroatoms. The number of hydrogen-bond acceptors (Lipinski definition) is 4. The first-order valence-electron chi connectivity index (χ1n) is 6.14. The van der Waals surface area contributed by atoms with E-state index in [1.54, 1.807) is 4.80 Å². The van der Waals surface area contributed by atoms with Crippen LogP contribution in [0, 0.1) is 11.8 Å². The Morgan fingerprint density at radius 2 is 1.94 bits per heavy atom. The average Bonchev–Trinajstić information content (AvgIpc) is 2.85. The molecular formula is C13H18N4S. The third kappa shape index (κ3) is 3.10. The van der Waals surface area contributed by atoms with Gasteiger partial charge in [0, 0.05) is 5.56 Å². The predicted octanol–water partition coefficient (Wildman–Crippen LogP) is 2.54. The number of rotatable bonds is 5. The van der Waals surface area contributed by atoms with Crippen LogP contribution in [0.25, 0.3) is 11.4 Å². The number of benzene rings is 1. The molecule has 1 aromatic heterocycles. The van der Waals surface area contributed by atoms with E-state index in [0.717, 1.165) is 17.9 Å². The zero-order valence-electron chi connectivity index (χ0n) is 10.7. The summed E-state index contributed by atoms with van der Waals surface area (Å²) in [6.07, 6.45) is 0. The maximum atomic E-state index is 4.41. The number of aromatic nitrogens is 4. The summed E-state index contributed by atoms with van der Waals surface area (Å²) < 4.78 is 0. The van der Waals surface area contributed by atoms with Crippen molar-refractivity contribution in [3.63, 3.8) is 0 Å². The quantitative estimate of drug-likeness (QED) is 0.842. The molecule has 0 aliphatic carbocycles. The molecule has 1 aromatic carbocycles. The van der Waals surface area contributed by atoms with Crippen molar-refractivity contribution in [1.82, 2.24) is 20.2 Å². The van der Waals surface area contributed by atoms with E-state index >= 15 is 0 Å². The molecule has 18 heavy (non-hydrogen) atoms. The Morgan fingerprint density at radius 3 is 2.56 bits per heavy atom. The summed E-state index contributed by atoms with van der Waals surface area (Å²) in [6, 6.07) is 9.89. The Morgan fingerprint density at radius 1 is 1.22 bits per heavy atom. The fourth-order valence-corrected chi connectivity index (χ4v) is 2.25. The Bertz CT molecular complexity index is 481. The van der Waals surface area contributed by atoms with Crippen LogP contribution in [-0.4, -0.2) is 26.0 Å². The summed E-state index contributed by atoms with van der Waals surface area (Å²) in [6.45, 7) is 5.15. The maximum absolute atomic E-state index is 4.41. The van der Waals surface area contributed by atoms with Crippen molar-refractivity contribution in [2.24, 2.45) is 11.8 Å². The van der Waals surface area contributed by atoms with Gasteiger partial charge in [0.15, 0.2) is 0 Å². The summed E-state index contributed by atoms with van der Waals surface area (Å²) >= 11 is 4.37. The molecule has 1 unspecified atom stereocenters. The van der Waals surface area contributed by atoms with Crippen molar-refractivity contribution in [1.29, 1.82) is 0 Å². The lowest BCUT2D eigenvalue weighted by Gasteiger charge is -2.16. The molecule has 0 radical (unpaired) electrons. The molecule has 0 aliphatic heterocycles. The monoisotopic (exact) mass is 262 g/mol. The summed E-state index contributed by atoms with van der Waals surface area (Å²) in [4.78, 5) is 1.67. The highest BCUT2D eigenvalue weighted by molar-refractivity contribution is 7.80. The molecule has 0 N–H and O–H groups in total. The lowest BCUT2D eigenvalue weighted by atomic mass is 9.98. The van der Waals surface area contributed by atoms with Crippen LogP contribution >= 0.6 is 12.6 Å². The summed E-state index contributed by atoms with van der Waals surface area (Å²) in [7, 11) is 0. The molecule has 2 rings (SSSR count). The first-order valence-corrected chi connectivity index (χ1v) is 6.78. The molecule has 0 bridgehead atoms. The minimum absolute atomic E-state index is 0.464. The SMILES string of the molecule is CC(C)C(CS)Cn1nnc(-c2ccccc2)n1. The highest BCUT2D eigenvalue weighted by Gasteiger charge is 2.14. The lowest BCUT2D eigenvalue weighted by molar-refractivity contribution is 0.331. The van der Waals surface area contributed by atoms with Gasteiger partial charge in [-0.1, -0.05) is 44.2 Å². The zero-order chi connectivity index (χ0) is 13.0. The van der Waals surface area contributed by atoms with Crippen LogP contribution in [0.15, 0.2) is 30.3 Å². The molecule has 4 nitrogen and oxygen atoms in total. The molecule has 0 saturated heterocycles. The zero-order valence-corrected chi connectivity index (χ0v) is 11.6. The van der Waals surface area contributed by atoms with E-state index in [2.05, 4.69) is 41.9 Å². The first-order chi connectivity index (χ1) is 8.70. The average molecular weight is 262 g/mol. The van der Waals surface area contributed by atoms with Crippen LogP contribution in [0.1, 0.15) is 13.8 Å². The Kier molecular flexibility index (Phi) is 4.36. The second kappa shape index (κ2) is 6.00. The molecule has 0 fully saturated rings. The van der Waals surface area contributed by atoms with Gasteiger partial charge in [0.1, 0.15) is 0 Å². The van der Waals surface area contributed by atoms with Gasteiger partial charge < -0.3 is 0 Å². The van der Waals surface area contributed by atoms with Crippen LogP contribution in [0.2, 0.25) is 0 Å². The third-order valence-corrected chi connectivity index (χ3v) is 3.53. The van der Waals surface area contributed by atoms with E-state index in [1.165, 1.54) is 0 Å². The van der Waals surface area contributed by atoms with Gasteiger partial charge in [-0.15, -0.1) is 10.2 Å². The highest BCUT2D eigenvalue weighted by Crippen LogP contribution is 2.16. The van der Waals surface area contributed by atoms with Crippen molar-refractivity contribution >= 4 is 12.6 Å². The Balaban J connectivity index is 2.11. The smallest absolute Gasteiger partial charge is 0.179 e. The van der Waals surface area contributed by atoms with Crippen molar-refractivity contribution in [2.45, 2.75) is 20.4 Å². The molecule has 0 aliphatic rings. The van der Waals surface area contributed by atoms with Crippen molar-refractivity contribution in [3.05, 3.63) is 30.3 Å². The van der Waals surface area contributed by atoms with Crippen LogP contribution in [-0.2, 0) is 6.54 Å². The van der Waals surface area contributed by atoms with Gasteiger partial charge in [0.25, 0.3) is 0 Å². The third-order valence-electron chi connectivity index (χ3n) is 3.06. The normalized spacial score (nSPS) is 12.9. The van der Waals surface area contributed by atoms with Gasteiger partial charge in [-0.3, -0.25) is 0 Å². The van der Waals surface area contributed by atoms with Crippen LogP contribution in [0.5, 0.6) is 0 Å². The molecule has 96 valence electrons. The minimum atomic E-state index is 0.464. The predicted molar refractivity (Wildman–Crippen MR) is 75.4 cm³/mol. The van der Waals surface area contributed by atoms with Gasteiger partial charge in [0.05, 0.1) is 6.54 Å². The molecule has 1 heterocycles. The standard InChI is InChI=1S/C13H18N4S/c1-10(2)12(9-18)8-17-15-13(14-16-17)11-6-4-3-5-7-11/h3-7,10,12,18H,8-9H2,1-2H3. The topological polar surface area (TPSA) is 43.6 Å². The van der Waals surface area contributed by atoms with Crippen molar-refractivity contribution in [2.75, 3.05) is 5.75 Å². The summed E-state index contributed by atoms with van der Waals surface area (Å²) in [5.74, 6) is 2.54. The van der Waals surface area contributed by atoms with Crippen molar-refractivity contribution in [3.8, 4) is 11.4 Å². The molecule has 1 atom stereocenters. The lowest BCUT2D eigenvalue weighted by Crippen LogP contribution is -2.19. The Labute approximate surface area is 113 Å². The number of hydrogen-bond donors (Lipinski definition) is 1. The molecule has 0 amide bonds. The van der Waals surface area contributed by atoms with Crippen LogP contribution in [0.3, 0.4) is 0 Å². The van der Waals surface area contributed by atoms with Gasteiger partial charge in [-0.05, 0) is 22.8 Å². The van der Waals surface area contributed by atoms with E-state index in [4.69, 9.17) is 0 Å². The number of thiol groups is 1. The second-order valence-electron chi connectivity index (χ2n) is 4.72. The molecule has 0 spiro atoms. The fourth-order valence-electron chi connectivity index (χ4n) is 1.71. The van der Waals surface area contributed by atoms with E-state index < -0.39 is 0 Å². The van der Waals surface area contributed by atoms with E-state index in [1.807, 2.05) is 30.3 Å². The minimum Gasteiger partial charge on any atom is -0.179 e. The van der Waals surface area contributed by atoms with Gasteiger partial charge >= 0.3 is 0 Å². The van der Waals surface area contributed by atoms with E-state index in [-0.39, 0.29) is 0 Å². The van der Waals surface area contributed by atoms with Gasteiger partial charge in [-0.2, -0.15) is 17.4 Å². The van der Waals surface area contributed by atoms with Crippen LogP contribution in [0.4, 0.5) is 0 Å². The summed E-state index contributed by atoms with van der Waals surface area (Å²) in [5, 5.41) is 12.6. The number of tetrazole rings is 1. The van der Waals surface area contributed by atoms with E-state index in [9.17, 15) is 0 Å². The van der Waals surface area contributed by atoms with Gasteiger partial charge in [-0.25, -0.2) is 0 Å². The first kappa shape index (κ1) is 13.1. The maximum Gasteiger partial charge on any atom is 0.204 e. The highest BCUT2D eigenvalue weighted by atomic mass is 32.1. The Hall–Kier alpha value is -1.36. The van der Waals surface area contributed by atoms with Crippen LogP contribution < -0.4 is 0 Å². The molecule has 0 saturated carbocycles.